The van der Waals surface area contributed by atoms with Gasteiger partial charge in [0.15, 0.2) is 0 Å². The van der Waals surface area contributed by atoms with Crippen molar-refractivity contribution < 1.29 is 0 Å². The molecule has 3 nitrogen and oxygen atoms in total. The lowest BCUT2D eigenvalue weighted by molar-refractivity contribution is 0.410. The van der Waals surface area contributed by atoms with Gasteiger partial charge in [-0.05, 0) is 75.2 Å². The largest absolute Gasteiger partial charge is 0.330 e. The number of nitrogens with two attached hydrogens (primary N) is 2. The molecule has 0 amide bonds. The summed E-state index contributed by atoms with van der Waals surface area (Å²) in [6.07, 6.45) is 6.65. The van der Waals surface area contributed by atoms with Gasteiger partial charge in [0.25, 0.3) is 0 Å². The Hall–Kier alpha value is -1.68. The van der Waals surface area contributed by atoms with Crippen LogP contribution in [0.2, 0.25) is 0 Å². The summed E-state index contributed by atoms with van der Waals surface area (Å²) in [5.74, 6) is 0.682. The van der Waals surface area contributed by atoms with Crippen LogP contribution in [0.3, 0.4) is 0 Å². The van der Waals surface area contributed by atoms with E-state index in [0.717, 1.165) is 38.8 Å². The Morgan fingerprint density at radius 2 is 1.27 bits per heavy atom. The summed E-state index contributed by atoms with van der Waals surface area (Å²) >= 11 is 0. The number of hydrogen-bond donors (Lipinski definition) is 3. The van der Waals surface area contributed by atoms with Gasteiger partial charge < -0.3 is 16.8 Å². The Balaban J connectivity index is 1.77. The zero-order valence-corrected chi connectivity index (χ0v) is 15.9. The van der Waals surface area contributed by atoms with Crippen LogP contribution in [0.5, 0.6) is 0 Å². The molecule has 0 aliphatic carbocycles. The van der Waals surface area contributed by atoms with Crippen LogP contribution in [-0.4, -0.2) is 25.7 Å². The average Bonchev–Trinajstić information content (AvgIpc) is 2.68. The van der Waals surface area contributed by atoms with Crippen LogP contribution in [0.15, 0.2) is 60.7 Å². The van der Waals surface area contributed by atoms with Crippen LogP contribution in [0.1, 0.15) is 36.8 Å². The Labute approximate surface area is 159 Å². The molecule has 2 aromatic carbocycles. The SMILES string of the molecule is NCC[C@H](N)CCNCC(CCc1ccccc1)CCc1ccccc1. The van der Waals surface area contributed by atoms with E-state index >= 15 is 0 Å². The van der Waals surface area contributed by atoms with Gasteiger partial charge in [0, 0.05) is 6.04 Å². The first-order valence-corrected chi connectivity index (χ1v) is 10.0. The number of aryl methyl sites for hydroxylation is 2. The lowest BCUT2D eigenvalue weighted by Crippen LogP contribution is -2.31. The van der Waals surface area contributed by atoms with Gasteiger partial charge >= 0.3 is 0 Å². The van der Waals surface area contributed by atoms with Gasteiger partial charge in [-0.3, -0.25) is 0 Å². The molecule has 5 N–H and O–H groups in total. The molecular formula is C23H35N3. The van der Waals surface area contributed by atoms with Gasteiger partial charge in [-0.1, -0.05) is 60.7 Å². The predicted molar refractivity (Wildman–Crippen MR) is 112 cm³/mol. The first-order valence-electron chi connectivity index (χ1n) is 10.0. The molecule has 0 radical (unpaired) electrons. The quantitative estimate of drug-likeness (QED) is 0.483. The molecule has 0 aliphatic rings. The van der Waals surface area contributed by atoms with Crippen molar-refractivity contribution in [1.29, 1.82) is 0 Å². The number of benzene rings is 2. The van der Waals surface area contributed by atoms with Crippen LogP contribution < -0.4 is 16.8 Å². The van der Waals surface area contributed by atoms with Gasteiger partial charge in [-0.25, -0.2) is 0 Å². The second kappa shape index (κ2) is 12.6. The van der Waals surface area contributed by atoms with Crippen molar-refractivity contribution in [3.8, 4) is 0 Å². The summed E-state index contributed by atoms with van der Waals surface area (Å²) in [6, 6.07) is 21.8. The van der Waals surface area contributed by atoms with Crippen molar-refractivity contribution in [3.05, 3.63) is 71.8 Å². The first kappa shape index (κ1) is 20.6. The molecule has 0 bridgehead atoms. The van der Waals surface area contributed by atoms with Crippen molar-refractivity contribution in [2.75, 3.05) is 19.6 Å². The summed E-state index contributed by atoms with van der Waals surface area (Å²) in [7, 11) is 0. The van der Waals surface area contributed by atoms with Crippen molar-refractivity contribution in [1.82, 2.24) is 5.32 Å². The standard InChI is InChI=1S/C23H35N3/c24-17-15-23(25)16-18-26-19-22(13-11-20-7-3-1-4-8-20)14-12-21-9-5-2-6-10-21/h1-10,22-23,26H,11-19,24-25H2/t23-/m0/s1. The van der Waals surface area contributed by atoms with E-state index in [2.05, 4.69) is 66.0 Å². The molecule has 1 atom stereocenters. The first-order chi connectivity index (χ1) is 12.8. The summed E-state index contributed by atoms with van der Waals surface area (Å²) in [5.41, 5.74) is 14.5. The lowest BCUT2D eigenvalue weighted by atomic mass is 9.93. The fourth-order valence-corrected chi connectivity index (χ4v) is 3.33. The van der Waals surface area contributed by atoms with Gasteiger partial charge in [0.05, 0.1) is 0 Å². The van der Waals surface area contributed by atoms with Gasteiger partial charge in [0.2, 0.25) is 0 Å². The highest BCUT2D eigenvalue weighted by atomic mass is 14.9. The van der Waals surface area contributed by atoms with E-state index in [1.165, 1.54) is 24.0 Å². The summed E-state index contributed by atoms with van der Waals surface area (Å²) in [6.45, 7) is 2.72. The van der Waals surface area contributed by atoms with Crippen molar-refractivity contribution in [3.63, 3.8) is 0 Å². The van der Waals surface area contributed by atoms with Crippen LogP contribution in [0, 0.1) is 5.92 Å². The molecule has 0 heterocycles. The van der Waals surface area contributed by atoms with E-state index in [4.69, 9.17) is 11.5 Å². The second-order valence-electron chi connectivity index (χ2n) is 7.24. The molecule has 0 aromatic heterocycles. The minimum atomic E-state index is 0.222. The lowest BCUT2D eigenvalue weighted by Gasteiger charge is -2.19. The van der Waals surface area contributed by atoms with Crippen molar-refractivity contribution in [2.24, 2.45) is 17.4 Å². The molecule has 0 unspecified atom stereocenters. The van der Waals surface area contributed by atoms with E-state index in [0.29, 0.717) is 12.5 Å². The molecule has 0 aliphatic heterocycles. The molecule has 142 valence electrons. The molecule has 2 rings (SSSR count). The fraction of sp³-hybridized carbons (Fsp3) is 0.478. The molecule has 0 spiro atoms. The van der Waals surface area contributed by atoms with E-state index in [1.807, 2.05) is 0 Å². The Morgan fingerprint density at radius 3 is 1.77 bits per heavy atom. The molecular weight excluding hydrogens is 318 g/mol. The third-order valence-corrected chi connectivity index (χ3v) is 5.03. The van der Waals surface area contributed by atoms with E-state index in [1.54, 1.807) is 0 Å². The topological polar surface area (TPSA) is 64.1 Å². The fourth-order valence-electron chi connectivity index (χ4n) is 3.33. The van der Waals surface area contributed by atoms with Gasteiger partial charge in [0.1, 0.15) is 0 Å². The molecule has 3 heteroatoms. The number of nitrogens with one attached hydrogen (secondary N) is 1. The zero-order valence-electron chi connectivity index (χ0n) is 15.9. The molecule has 0 fully saturated rings. The van der Waals surface area contributed by atoms with E-state index < -0.39 is 0 Å². The van der Waals surface area contributed by atoms with E-state index in [-0.39, 0.29) is 6.04 Å². The highest BCUT2D eigenvalue weighted by molar-refractivity contribution is 5.16. The second-order valence-corrected chi connectivity index (χ2v) is 7.24. The van der Waals surface area contributed by atoms with E-state index in [9.17, 15) is 0 Å². The average molecular weight is 354 g/mol. The van der Waals surface area contributed by atoms with Gasteiger partial charge in [-0.15, -0.1) is 0 Å². The summed E-state index contributed by atoms with van der Waals surface area (Å²) in [5, 5.41) is 3.63. The highest BCUT2D eigenvalue weighted by Gasteiger charge is 2.10. The maximum atomic E-state index is 6.05. The minimum Gasteiger partial charge on any atom is -0.330 e. The normalized spacial score (nSPS) is 12.4. The maximum absolute atomic E-state index is 6.05. The Bertz CT molecular complexity index is 527. The predicted octanol–water partition coefficient (Wildman–Crippen LogP) is 3.52. The minimum absolute atomic E-state index is 0.222. The van der Waals surface area contributed by atoms with Crippen LogP contribution in [0.4, 0.5) is 0 Å². The van der Waals surface area contributed by atoms with Gasteiger partial charge in [-0.2, -0.15) is 0 Å². The molecule has 26 heavy (non-hydrogen) atoms. The van der Waals surface area contributed by atoms with Crippen LogP contribution in [0.25, 0.3) is 0 Å². The smallest absolute Gasteiger partial charge is 0.00629 e. The third kappa shape index (κ3) is 8.61. The van der Waals surface area contributed by atoms with Crippen molar-refractivity contribution >= 4 is 0 Å². The Morgan fingerprint density at radius 1 is 0.731 bits per heavy atom. The number of hydrogen-bond acceptors (Lipinski definition) is 3. The zero-order chi connectivity index (χ0) is 18.5. The summed E-state index contributed by atoms with van der Waals surface area (Å²) in [4.78, 5) is 0. The molecule has 0 saturated carbocycles. The van der Waals surface area contributed by atoms with Crippen molar-refractivity contribution in [2.45, 2.75) is 44.6 Å². The Kier molecular flexibility index (Phi) is 10.0. The monoisotopic (exact) mass is 353 g/mol. The maximum Gasteiger partial charge on any atom is 0.00629 e. The third-order valence-electron chi connectivity index (χ3n) is 5.03. The summed E-state index contributed by atoms with van der Waals surface area (Å²) < 4.78 is 0. The number of rotatable bonds is 13. The molecule has 2 aromatic rings. The highest BCUT2D eigenvalue weighted by Crippen LogP contribution is 2.16. The molecule has 0 saturated heterocycles. The van der Waals surface area contributed by atoms with Crippen LogP contribution in [-0.2, 0) is 12.8 Å². The van der Waals surface area contributed by atoms with Crippen LogP contribution >= 0.6 is 0 Å².